The minimum atomic E-state index is -4.61. The van der Waals surface area contributed by atoms with Gasteiger partial charge in [0.25, 0.3) is 0 Å². The van der Waals surface area contributed by atoms with Crippen molar-refractivity contribution in [2.75, 3.05) is 13.7 Å². The molecule has 3 rings (SSSR count). The van der Waals surface area contributed by atoms with Crippen molar-refractivity contribution < 1.29 is 22.3 Å². The Morgan fingerprint density at radius 3 is 2.67 bits per heavy atom. The van der Waals surface area contributed by atoms with Crippen LogP contribution in [0, 0.1) is 17.2 Å². The second-order valence-corrected chi connectivity index (χ2v) is 7.41. The zero-order valence-corrected chi connectivity index (χ0v) is 17.7. The Labute approximate surface area is 173 Å². The maximum Gasteiger partial charge on any atom is 0.416 e. The summed E-state index contributed by atoms with van der Waals surface area (Å²) < 4.78 is 58.3. The Kier molecular flexibility index (Phi) is 6.66. The smallest absolute Gasteiger partial charge is 0.377 e. The number of ether oxygens (including phenoxy) is 1. The molecule has 2 aliphatic rings. The van der Waals surface area contributed by atoms with Crippen LogP contribution < -0.4 is 10.6 Å². The Hall–Kier alpha value is -1.10. The van der Waals surface area contributed by atoms with Crippen molar-refractivity contribution in [2.24, 2.45) is 16.3 Å². The normalized spacial score (nSPS) is 26.6. The minimum absolute atomic E-state index is 0. The highest BCUT2D eigenvalue weighted by atomic mass is 127. The van der Waals surface area contributed by atoms with E-state index in [0.29, 0.717) is 17.9 Å². The number of halogens is 5. The summed E-state index contributed by atoms with van der Waals surface area (Å²) >= 11 is 0. The van der Waals surface area contributed by atoms with Gasteiger partial charge in [0.15, 0.2) is 5.96 Å². The van der Waals surface area contributed by atoms with Crippen molar-refractivity contribution >= 4 is 29.9 Å². The standard InChI is InChI=1S/C18H23F4N3O.HI/c1-17(2)14(12-6-7-26-15(12)17)25-16(23-3)24-9-10-4-5-11(19)8-13(10)18(20,21)22;/h4-5,8,12,14-15H,6-7,9H2,1-3H3,(H2,23,24,25);1H. The van der Waals surface area contributed by atoms with Gasteiger partial charge in [-0.05, 0) is 24.1 Å². The van der Waals surface area contributed by atoms with E-state index in [1.807, 2.05) is 0 Å². The van der Waals surface area contributed by atoms with Crippen molar-refractivity contribution in [3.8, 4) is 0 Å². The molecule has 4 nitrogen and oxygen atoms in total. The number of alkyl halides is 3. The number of nitrogens with zero attached hydrogens (tertiary/aromatic N) is 1. The summed E-state index contributed by atoms with van der Waals surface area (Å²) in [5.41, 5.74) is -1.09. The maximum atomic E-state index is 13.2. The summed E-state index contributed by atoms with van der Waals surface area (Å²) in [6, 6.07) is 2.82. The van der Waals surface area contributed by atoms with Crippen LogP contribution in [-0.4, -0.2) is 31.8 Å². The summed E-state index contributed by atoms with van der Waals surface area (Å²) in [6.45, 7) is 4.83. The molecule has 3 unspecified atom stereocenters. The number of rotatable bonds is 3. The van der Waals surface area contributed by atoms with Crippen LogP contribution in [0.25, 0.3) is 0 Å². The number of guanidine groups is 1. The average molecular weight is 501 g/mol. The van der Waals surface area contributed by atoms with Gasteiger partial charge in [-0.2, -0.15) is 13.2 Å². The first-order valence-corrected chi connectivity index (χ1v) is 8.59. The maximum absolute atomic E-state index is 13.2. The van der Waals surface area contributed by atoms with Gasteiger partial charge in [-0.1, -0.05) is 19.9 Å². The molecule has 3 atom stereocenters. The zero-order chi connectivity index (χ0) is 19.1. The lowest BCUT2D eigenvalue weighted by molar-refractivity contribution is -0.138. The summed E-state index contributed by atoms with van der Waals surface area (Å²) in [7, 11) is 1.57. The van der Waals surface area contributed by atoms with E-state index in [-0.39, 0.29) is 53.6 Å². The largest absolute Gasteiger partial charge is 0.416 e. The van der Waals surface area contributed by atoms with Gasteiger partial charge < -0.3 is 15.4 Å². The third kappa shape index (κ3) is 4.33. The molecular formula is C18H24F4IN3O. The molecule has 0 amide bonds. The molecule has 0 aromatic heterocycles. The fraction of sp³-hybridized carbons (Fsp3) is 0.611. The molecule has 9 heteroatoms. The molecule has 152 valence electrons. The first-order chi connectivity index (χ1) is 12.1. The summed E-state index contributed by atoms with van der Waals surface area (Å²) in [5, 5.41) is 6.22. The lowest BCUT2D eigenvalue weighted by Gasteiger charge is -2.54. The third-order valence-electron chi connectivity index (χ3n) is 5.44. The second kappa shape index (κ2) is 8.10. The predicted molar refractivity (Wildman–Crippen MR) is 106 cm³/mol. The highest BCUT2D eigenvalue weighted by Gasteiger charge is 2.59. The van der Waals surface area contributed by atoms with Gasteiger partial charge in [-0.25, -0.2) is 4.39 Å². The molecule has 0 bridgehead atoms. The molecule has 0 radical (unpaired) electrons. The highest BCUT2D eigenvalue weighted by Crippen LogP contribution is 2.52. The van der Waals surface area contributed by atoms with Crippen molar-refractivity contribution in [1.29, 1.82) is 0 Å². The van der Waals surface area contributed by atoms with Gasteiger partial charge in [0.2, 0.25) is 0 Å². The number of fused-ring (bicyclic) bond motifs is 1. The number of hydrogen-bond donors (Lipinski definition) is 2. The quantitative estimate of drug-likeness (QED) is 0.286. The molecule has 1 saturated heterocycles. The van der Waals surface area contributed by atoms with Gasteiger partial charge in [0.1, 0.15) is 5.82 Å². The SMILES string of the molecule is CN=C(NCc1ccc(F)cc1C(F)(F)F)NC1C2CCOC2C1(C)C.I. The van der Waals surface area contributed by atoms with E-state index in [4.69, 9.17) is 4.74 Å². The van der Waals surface area contributed by atoms with Crippen LogP contribution in [0.15, 0.2) is 23.2 Å². The Morgan fingerprint density at radius 2 is 2.04 bits per heavy atom. The van der Waals surface area contributed by atoms with Crippen molar-refractivity contribution in [3.63, 3.8) is 0 Å². The molecule has 1 saturated carbocycles. The van der Waals surface area contributed by atoms with Gasteiger partial charge in [0.05, 0.1) is 11.7 Å². The van der Waals surface area contributed by atoms with Crippen LogP contribution in [0.4, 0.5) is 17.6 Å². The number of hydrogen-bond acceptors (Lipinski definition) is 2. The van der Waals surface area contributed by atoms with Crippen molar-refractivity contribution in [2.45, 2.75) is 45.1 Å². The lowest BCUT2D eigenvalue weighted by Crippen LogP contribution is -2.67. The van der Waals surface area contributed by atoms with E-state index in [9.17, 15) is 17.6 Å². The fourth-order valence-corrected chi connectivity index (χ4v) is 4.10. The lowest BCUT2D eigenvalue weighted by atomic mass is 9.57. The van der Waals surface area contributed by atoms with Gasteiger partial charge in [0, 0.05) is 37.6 Å². The van der Waals surface area contributed by atoms with Crippen LogP contribution in [-0.2, 0) is 17.5 Å². The molecule has 1 aromatic carbocycles. The zero-order valence-electron chi connectivity index (χ0n) is 15.4. The third-order valence-corrected chi connectivity index (χ3v) is 5.44. The molecule has 0 spiro atoms. The molecule has 2 fully saturated rings. The van der Waals surface area contributed by atoms with Crippen molar-refractivity contribution in [3.05, 3.63) is 35.1 Å². The predicted octanol–water partition coefficient (Wildman–Crippen LogP) is 3.94. The van der Waals surface area contributed by atoms with E-state index in [1.54, 1.807) is 7.05 Å². The molecule has 1 aliphatic carbocycles. The Balaban J connectivity index is 0.00000261. The molecule has 27 heavy (non-hydrogen) atoms. The van der Waals surface area contributed by atoms with E-state index >= 15 is 0 Å². The Bertz CT molecular complexity index is 708. The molecule has 1 aromatic rings. The number of benzene rings is 1. The van der Waals surface area contributed by atoms with E-state index in [0.717, 1.165) is 25.2 Å². The van der Waals surface area contributed by atoms with E-state index in [2.05, 4.69) is 29.5 Å². The number of aliphatic imine (C=N–C) groups is 1. The Morgan fingerprint density at radius 1 is 1.33 bits per heavy atom. The second-order valence-electron chi connectivity index (χ2n) is 7.41. The van der Waals surface area contributed by atoms with Crippen LogP contribution in [0.2, 0.25) is 0 Å². The van der Waals surface area contributed by atoms with Crippen LogP contribution in [0.1, 0.15) is 31.4 Å². The average Bonchev–Trinajstić information content (AvgIpc) is 3.02. The van der Waals surface area contributed by atoms with Crippen LogP contribution in [0.5, 0.6) is 0 Å². The first-order valence-electron chi connectivity index (χ1n) is 8.59. The summed E-state index contributed by atoms with van der Waals surface area (Å²) in [4.78, 5) is 4.11. The minimum Gasteiger partial charge on any atom is -0.377 e. The van der Waals surface area contributed by atoms with Crippen molar-refractivity contribution in [1.82, 2.24) is 10.6 Å². The summed E-state index contributed by atoms with van der Waals surface area (Å²) in [5.74, 6) is -0.113. The highest BCUT2D eigenvalue weighted by molar-refractivity contribution is 14.0. The van der Waals surface area contributed by atoms with Gasteiger partial charge in [-0.3, -0.25) is 4.99 Å². The van der Waals surface area contributed by atoms with E-state index in [1.165, 1.54) is 0 Å². The van der Waals surface area contributed by atoms with Crippen LogP contribution >= 0.6 is 24.0 Å². The van der Waals surface area contributed by atoms with E-state index < -0.39 is 17.6 Å². The molecule has 2 N–H and O–H groups in total. The monoisotopic (exact) mass is 501 g/mol. The van der Waals surface area contributed by atoms with Gasteiger partial charge >= 0.3 is 6.18 Å². The molecule has 1 heterocycles. The molecular weight excluding hydrogens is 477 g/mol. The number of nitrogens with one attached hydrogen (secondary N) is 2. The fourth-order valence-electron chi connectivity index (χ4n) is 4.10. The van der Waals surface area contributed by atoms with Crippen LogP contribution in [0.3, 0.4) is 0 Å². The summed E-state index contributed by atoms with van der Waals surface area (Å²) in [6.07, 6.45) is -3.45. The topological polar surface area (TPSA) is 45.7 Å². The van der Waals surface area contributed by atoms with Gasteiger partial charge in [-0.15, -0.1) is 24.0 Å². The first kappa shape index (κ1) is 22.2. The molecule has 1 aliphatic heterocycles.